The van der Waals surface area contributed by atoms with Gasteiger partial charge in [0.15, 0.2) is 0 Å². The number of ether oxygens (including phenoxy) is 1. The highest BCUT2D eigenvalue weighted by atomic mass is 19.3. The molecule has 1 aliphatic rings. The predicted octanol–water partition coefficient (Wildman–Crippen LogP) is 2.55. The van der Waals surface area contributed by atoms with E-state index in [1.807, 2.05) is 0 Å². The molecule has 2 rings (SSSR count). The Hall–Kier alpha value is -1.95. The number of alkyl halides is 2. The first-order chi connectivity index (χ1) is 10.5. The second kappa shape index (κ2) is 7.35. The average Bonchev–Trinajstić information content (AvgIpc) is 2.49. The van der Waals surface area contributed by atoms with E-state index in [-0.39, 0.29) is 11.7 Å². The van der Waals surface area contributed by atoms with Gasteiger partial charge in [0.1, 0.15) is 5.75 Å². The van der Waals surface area contributed by atoms with E-state index in [1.54, 1.807) is 26.0 Å². The number of rotatable bonds is 5. The SMILES string of the molecule is Cc1cc(C(=O)NCC2=CCNCC2)cc(C)c1OC(F)F. The van der Waals surface area contributed by atoms with Gasteiger partial charge in [0.25, 0.3) is 5.91 Å². The van der Waals surface area contributed by atoms with Crippen LogP contribution in [0.2, 0.25) is 0 Å². The summed E-state index contributed by atoms with van der Waals surface area (Å²) in [5.41, 5.74) is 2.68. The highest BCUT2D eigenvalue weighted by Crippen LogP contribution is 2.26. The first-order valence-corrected chi connectivity index (χ1v) is 7.20. The Kier molecular flexibility index (Phi) is 5.49. The van der Waals surface area contributed by atoms with Crippen molar-refractivity contribution in [3.05, 3.63) is 40.5 Å². The standard InChI is InChI=1S/C16H20F2N2O2/c1-10-7-13(8-11(2)14(10)22-16(17)18)15(21)20-9-12-3-5-19-6-4-12/h3,7-8,16,19H,4-6,9H2,1-2H3,(H,20,21). The highest BCUT2D eigenvalue weighted by molar-refractivity contribution is 5.95. The van der Waals surface area contributed by atoms with Crippen LogP contribution in [0.1, 0.15) is 27.9 Å². The van der Waals surface area contributed by atoms with Crippen LogP contribution in [-0.2, 0) is 0 Å². The molecule has 0 aliphatic carbocycles. The molecule has 0 unspecified atom stereocenters. The summed E-state index contributed by atoms with van der Waals surface area (Å²) < 4.78 is 29.2. The van der Waals surface area contributed by atoms with Crippen LogP contribution in [0, 0.1) is 13.8 Å². The topological polar surface area (TPSA) is 50.4 Å². The maximum atomic E-state index is 12.4. The van der Waals surface area contributed by atoms with Gasteiger partial charge in [0.05, 0.1) is 0 Å². The number of nitrogens with one attached hydrogen (secondary N) is 2. The number of aryl methyl sites for hydroxylation is 2. The Balaban J connectivity index is 2.05. The van der Waals surface area contributed by atoms with Gasteiger partial charge in [0.2, 0.25) is 0 Å². The fourth-order valence-corrected chi connectivity index (χ4v) is 2.48. The third-order valence-corrected chi connectivity index (χ3v) is 3.56. The lowest BCUT2D eigenvalue weighted by Crippen LogP contribution is -2.29. The van der Waals surface area contributed by atoms with Crippen LogP contribution in [0.25, 0.3) is 0 Å². The molecule has 0 aromatic heterocycles. The van der Waals surface area contributed by atoms with Gasteiger partial charge in [-0.1, -0.05) is 11.6 Å². The Morgan fingerprint density at radius 3 is 2.59 bits per heavy atom. The van der Waals surface area contributed by atoms with E-state index in [0.29, 0.717) is 23.2 Å². The van der Waals surface area contributed by atoms with E-state index in [0.717, 1.165) is 19.5 Å². The monoisotopic (exact) mass is 310 g/mol. The van der Waals surface area contributed by atoms with Crippen molar-refractivity contribution in [2.45, 2.75) is 26.9 Å². The van der Waals surface area contributed by atoms with Crippen LogP contribution in [0.4, 0.5) is 8.78 Å². The van der Waals surface area contributed by atoms with Gasteiger partial charge in [-0.15, -0.1) is 0 Å². The van der Waals surface area contributed by atoms with Crippen molar-refractivity contribution in [2.75, 3.05) is 19.6 Å². The summed E-state index contributed by atoms with van der Waals surface area (Å²) >= 11 is 0. The van der Waals surface area contributed by atoms with Crippen LogP contribution in [0.15, 0.2) is 23.8 Å². The van der Waals surface area contributed by atoms with Gasteiger partial charge in [-0.05, 0) is 50.1 Å². The number of benzene rings is 1. The summed E-state index contributed by atoms with van der Waals surface area (Å²) in [6.07, 6.45) is 2.99. The minimum absolute atomic E-state index is 0.132. The zero-order chi connectivity index (χ0) is 16.1. The minimum Gasteiger partial charge on any atom is -0.434 e. The lowest BCUT2D eigenvalue weighted by molar-refractivity contribution is -0.0507. The van der Waals surface area contributed by atoms with Gasteiger partial charge in [-0.3, -0.25) is 4.79 Å². The molecule has 1 amide bonds. The molecule has 1 heterocycles. The molecule has 0 bridgehead atoms. The summed E-state index contributed by atoms with van der Waals surface area (Å²) in [5, 5.41) is 6.07. The molecule has 120 valence electrons. The van der Waals surface area contributed by atoms with Crippen LogP contribution in [-0.4, -0.2) is 32.2 Å². The van der Waals surface area contributed by atoms with Gasteiger partial charge in [0, 0.05) is 18.7 Å². The number of halogens is 2. The van der Waals surface area contributed by atoms with E-state index in [4.69, 9.17) is 0 Å². The molecule has 0 saturated heterocycles. The van der Waals surface area contributed by atoms with Crippen molar-refractivity contribution in [2.24, 2.45) is 0 Å². The first-order valence-electron chi connectivity index (χ1n) is 7.20. The van der Waals surface area contributed by atoms with E-state index in [9.17, 15) is 13.6 Å². The molecule has 0 spiro atoms. The molecule has 1 aromatic carbocycles. The Bertz CT molecular complexity index is 563. The fourth-order valence-electron chi connectivity index (χ4n) is 2.48. The average molecular weight is 310 g/mol. The molecule has 0 radical (unpaired) electrons. The zero-order valence-electron chi connectivity index (χ0n) is 12.7. The minimum atomic E-state index is -2.87. The molecule has 22 heavy (non-hydrogen) atoms. The van der Waals surface area contributed by atoms with Crippen LogP contribution in [0.3, 0.4) is 0 Å². The molecule has 4 nitrogen and oxygen atoms in total. The van der Waals surface area contributed by atoms with Gasteiger partial charge in [-0.25, -0.2) is 0 Å². The lowest BCUT2D eigenvalue weighted by Gasteiger charge is -2.16. The predicted molar refractivity (Wildman–Crippen MR) is 80.5 cm³/mol. The Labute approximate surface area is 128 Å². The maximum Gasteiger partial charge on any atom is 0.387 e. The number of hydrogen-bond acceptors (Lipinski definition) is 3. The summed E-state index contributed by atoms with van der Waals surface area (Å²) in [5.74, 6) is -0.0816. The number of amides is 1. The van der Waals surface area contributed by atoms with E-state index in [1.165, 1.54) is 5.57 Å². The Morgan fingerprint density at radius 2 is 2.05 bits per heavy atom. The van der Waals surface area contributed by atoms with Gasteiger partial charge < -0.3 is 15.4 Å². The summed E-state index contributed by atoms with van der Waals surface area (Å²) in [7, 11) is 0. The molecule has 0 saturated carbocycles. The van der Waals surface area contributed by atoms with E-state index < -0.39 is 6.61 Å². The Morgan fingerprint density at radius 1 is 1.36 bits per heavy atom. The first kappa shape index (κ1) is 16.4. The smallest absolute Gasteiger partial charge is 0.387 e. The third kappa shape index (κ3) is 4.27. The summed E-state index contributed by atoms with van der Waals surface area (Å²) in [6, 6.07) is 3.13. The molecule has 0 fully saturated rings. The normalized spacial score (nSPS) is 14.7. The number of carbonyl (C=O) groups is 1. The van der Waals surface area contributed by atoms with Gasteiger partial charge in [-0.2, -0.15) is 8.78 Å². The quantitative estimate of drug-likeness (QED) is 0.822. The van der Waals surface area contributed by atoms with Crippen LogP contribution < -0.4 is 15.4 Å². The van der Waals surface area contributed by atoms with Crippen molar-refractivity contribution in [3.63, 3.8) is 0 Å². The molecular weight excluding hydrogens is 290 g/mol. The largest absolute Gasteiger partial charge is 0.434 e. The van der Waals surface area contributed by atoms with Crippen molar-refractivity contribution < 1.29 is 18.3 Å². The fraction of sp³-hybridized carbons (Fsp3) is 0.438. The van der Waals surface area contributed by atoms with E-state index >= 15 is 0 Å². The van der Waals surface area contributed by atoms with Crippen molar-refractivity contribution >= 4 is 5.91 Å². The number of carbonyl (C=O) groups excluding carboxylic acids is 1. The molecule has 6 heteroatoms. The molecule has 0 atom stereocenters. The van der Waals surface area contributed by atoms with Gasteiger partial charge >= 0.3 is 6.61 Å². The van der Waals surface area contributed by atoms with Crippen molar-refractivity contribution in [1.29, 1.82) is 0 Å². The van der Waals surface area contributed by atoms with Crippen molar-refractivity contribution in [1.82, 2.24) is 10.6 Å². The van der Waals surface area contributed by atoms with Crippen LogP contribution in [0.5, 0.6) is 5.75 Å². The third-order valence-electron chi connectivity index (χ3n) is 3.56. The van der Waals surface area contributed by atoms with Crippen LogP contribution >= 0.6 is 0 Å². The highest BCUT2D eigenvalue weighted by Gasteiger charge is 2.15. The molecule has 2 N–H and O–H groups in total. The second-order valence-electron chi connectivity index (χ2n) is 5.32. The molecule has 1 aliphatic heterocycles. The number of hydrogen-bond donors (Lipinski definition) is 2. The van der Waals surface area contributed by atoms with E-state index in [2.05, 4.69) is 21.4 Å². The molecule has 1 aromatic rings. The summed E-state index contributed by atoms with van der Waals surface area (Å²) in [4.78, 5) is 12.2. The lowest BCUT2D eigenvalue weighted by atomic mass is 10.0. The molecular formula is C16H20F2N2O2. The summed E-state index contributed by atoms with van der Waals surface area (Å²) in [6.45, 7) is 2.67. The zero-order valence-corrected chi connectivity index (χ0v) is 12.7. The van der Waals surface area contributed by atoms with Crippen molar-refractivity contribution in [3.8, 4) is 5.75 Å². The maximum absolute atomic E-state index is 12.4. The second-order valence-corrected chi connectivity index (χ2v) is 5.32.